The molecule has 3 rings (SSSR count). The van der Waals surface area contributed by atoms with Crippen LogP contribution < -0.4 is 10.1 Å². The molecule has 0 aliphatic rings. The SMILES string of the molecule is Cc1cc2nnc(SCC(=O)NCCOc3ccc(Cl)cc3)n2c(C)n1. The molecule has 0 atom stereocenters. The molecule has 7 nitrogen and oxygen atoms in total. The van der Waals surface area contributed by atoms with Crippen LogP contribution in [0.15, 0.2) is 35.5 Å². The van der Waals surface area contributed by atoms with Gasteiger partial charge in [0.2, 0.25) is 5.91 Å². The monoisotopic (exact) mass is 391 g/mol. The van der Waals surface area contributed by atoms with E-state index < -0.39 is 0 Å². The molecule has 0 spiro atoms. The highest BCUT2D eigenvalue weighted by molar-refractivity contribution is 7.99. The van der Waals surface area contributed by atoms with Crippen molar-refractivity contribution in [2.45, 2.75) is 19.0 Å². The number of hydrogen-bond donors (Lipinski definition) is 1. The van der Waals surface area contributed by atoms with E-state index >= 15 is 0 Å². The van der Waals surface area contributed by atoms with Crippen molar-refractivity contribution in [3.8, 4) is 5.75 Å². The Bertz CT molecular complexity index is 913. The fourth-order valence-corrected chi connectivity index (χ4v) is 3.31. The van der Waals surface area contributed by atoms with Crippen LogP contribution in [0, 0.1) is 13.8 Å². The van der Waals surface area contributed by atoms with Crippen LogP contribution >= 0.6 is 23.4 Å². The summed E-state index contributed by atoms with van der Waals surface area (Å²) in [7, 11) is 0. The fraction of sp³-hybridized carbons (Fsp3) is 0.294. The Balaban J connectivity index is 1.45. The molecular formula is C17H18ClN5O2S. The van der Waals surface area contributed by atoms with Crippen LogP contribution in [0.2, 0.25) is 5.02 Å². The van der Waals surface area contributed by atoms with Crippen LogP contribution in [0.5, 0.6) is 5.75 Å². The van der Waals surface area contributed by atoms with E-state index in [-0.39, 0.29) is 11.7 Å². The van der Waals surface area contributed by atoms with Gasteiger partial charge in [-0.3, -0.25) is 9.20 Å². The molecule has 0 radical (unpaired) electrons. The number of nitrogens with one attached hydrogen (secondary N) is 1. The molecule has 1 amide bonds. The molecule has 2 aromatic heterocycles. The predicted molar refractivity (Wildman–Crippen MR) is 101 cm³/mol. The highest BCUT2D eigenvalue weighted by atomic mass is 35.5. The molecule has 0 bridgehead atoms. The van der Waals surface area contributed by atoms with E-state index in [1.54, 1.807) is 24.3 Å². The van der Waals surface area contributed by atoms with Gasteiger partial charge in [0, 0.05) is 16.8 Å². The van der Waals surface area contributed by atoms with E-state index in [1.807, 2.05) is 24.3 Å². The number of carbonyl (C=O) groups excluding carboxylic acids is 1. The van der Waals surface area contributed by atoms with Gasteiger partial charge in [0.25, 0.3) is 0 Å². The summed E-state index contributed by atoms with van der Waals surface area (Å²) < 4.78 is 7.37. The summed E-state index contributed by atoms with van der Waals surface area (Å²) in [6.45, 7) is 4.60. The fourth-order valence-electron chi connectivity index (χ4n) is 2.37. The van der Waals surface area contributed by atoms with Crippen molar-refractivity contribution in [2.24, 2.45) is 0 Å². The van der Waals surface area contributed by atoms with E-state index in [4.69, 9.17) is 16.3 Å². The Hall–Kier alpha value is -2.32. The number of aromatic nitrogens is 4. The Labute approximate surface area is 160 Å². The van der Waals surface area contributed by atoms with E-state index in [0.717, 1.165) is 17.2 Å². The number of hydrogen-bond acceptors (Lipinski definition) is 6. The Kier molecular flexibility index (Phi) is 5.95. The summed E-state index contributed by atoms with van der Waals surface area (Å²) in [5.74, 6) is 1.66. The highest BCUT2D eigenvalue weighted by Crippen LogP contribution is 2.18. The van der Waals surface area contributed by atoms with Crippen molar-refractivity contribution >= 4 is 34.9 Å². The lowest BCUT2D eigenvalue weighted by Crippen LogP contribution is -2.29. The van der Waals surface area contributed by atoms with Gasteiger partial charge >= 0.3 is 0 Å². The molecule has 1 aromatic carbocycles. The minimum atomic E-state index is -0.0934. The van der Waals surface area contributed by atoms with Gasteiger partial charge in [-0.25, -0.2) is 4.98 Å². The number of halogens is 1. The quantitative estimate of drug-likeness (QED) is 0.492. The van der Waals surface area contributed by atoms with Crippen LogP contribution in [0.1, 0.15) is 11.5 Å². The van der Waals surface area contributed by atoms with Crippen LogP contribution in [0.4, 0.5) is 0 Å². The van der Waals surface area contributed by atoms with Crippen molar-refractivity contribution in [3.05, 3.63) is 46.9 Å². The first kappa shape index (κ1) is 18.5. The van der Waals surface area contributed by atoms with Crippen LogP contribution in [-0.4, -0.2) is 44.4 Å². The first-order chi connectivity index (χ1) is 12.5. The standard InChI is InChI=1S/C17H18ClN5O2S/c1-11-9-15-21-22-17(23(15)12(2)20-11)26-10-16(24)19-7-8-25-14-5-3-13(18)4-6-14/h3-6,9H,7-8,10H2,1-2H3,(H,19,24). The summed E-state index contributed by atoms with van der Waals surface area (Å²) in [4.78, 5) is 16.4. The Morgan fingerprint density at radius 3 is 2.81 bits per heavy atom. The third-order valence-corrected chi connectivity index (χ3v) is 4.68. The Morgan fingerprint density at radius 2 is 2.04 bits per heavy atom. The van der Waals surface area contributed by atoms with Gasteiger partial charge in [-0.2, -0.15) is 0 Å². The molecule has 136 valence electrons. The van der Waals surface area contributed by atoms with E-state index in [1.165, 1.54) is 11.8 Å². The third-order valence-electron chi connectivity index (χ3n) is 3.50. The lowest BCUT2D eigenvalue weighted by molar-refractivity contribution is -0.118. The minimum Gasteiger partial charge on any atom is -0.492 e. The Morgan fingerprint density at radius 1 is 1.27 bits per heavy atom. The molecule has 0 saturated heterocycles. The molecule has 0 unspecified atom stereocenters. The second kappa shape index (κ2) is 8.37. The zero-order valence-electron chi connectivity index (χ0n) is 14.4. The zero-order chi connectivity index (χ0) is 18.5. The number of aryl methyl sites for hydroxylation is 2. The minimum absolute atomic E-state index is 0.0934. The summed E-state index contributed by atoms with van der Waals surface area (Å²) in [5, 5.41) is 12.4. The molecular weight excluding hydrogens is 374 g/mol. The maximum atomic E-state index is 12.0. The summed E-state index contributed by atoms with van der Waals surface area (Å²) in [6, 6.07) is 8.95. The van der Waals surface area contributed by atoms with Gasteiger partial charge in [0.1, 0.15) is 18.2 Å². The molecule has 1 N–H and O–H groups in total. The topological polar surface area (TPSA) is 81.4 Å². The van der Waals surface area contributed by atoms with Gasteiger partial charge in [-0.15, -0.1) is 10.2 Å². The number of fused-ring (bicyclic) bond motifs is 1. The number of carbonyl (C=O) groups is 1. The summed E-state index contributed by atoms with van der Waals surface area (Å²) >= 11 is 7.14. The summed E-state index contributed by atoms with van der Waals surface area (Å²) in [6.07, 6.45) is 0. The normalized spacial score (nSPS) is 10.9. The van der Waals surface area contributed by atoms with Crippen molar-refractivity contribution in [2.75, 3.05) is 18.9 Å². The average molecular weight is 392 g/mol. The highest BCUT2D eigenvalue weighted by Gasteiger charge is 2.11. The number of nitrogens with zero attached hydrogens (tertiary/aromatic N) is 4. The smallest absolute Gasteiger partial charge is 0.230 e. The van der Waals surface area contributed by atoms with Crippen molar-refractivity contribution in [1.82, 2.24) is 24.9 Å². The second-order valence-corrected chi connectivity index (χ2v) is 6.94. The summed E-state index contributed by atoms with van der Waals surface area (Å²) in [5.41, 5.74) is 1.62. The second-order valence-electron chi connectivity index (χ2n) is 5.56. The molecule has 0 aliphatic carbocycles. The third kappa shape index (κ3) is 4.64. The van der Waals surface area contributed by atoms with Gasteiger partial charge in [0.15, 0.2) is 10.8 Å². The maximum Gasteiger partial charge on any atom is 0.230 e. The van der Waals surface area contributed by atoms with Crippen molar-refractivity contribution in [3.63, 3.8) is 0 Å². The average Bonchev–Trinajstić information content (AvgIpc) is 3.01. The van der Waals surface area contributed by atoms with Crippen LogP contribution in [-0.2, 0) is 4.79 Å². The largest absolute Gasteiger partial charge is 0.492 e. The van der Waals surface area contributed by atoms with Crippen molar-refractivity contribution in [1.29, 1.82) is 0 Å². The molecule has 0 fully saturated rings. The lowest BCUT2D eigenvalue weighted by Gasteiger charge is -2.08. The van der Waals surface area contributed by atoms with Crippen LogP contribution in [0.25, 0.3) is 5.65 Å². The van der Waals surface area contributed by atoms with Gasteiger partial charge in [-0.05, 0) is 38.1 Å². The number of amides is 1. The molecule has 3 aromatic rings. The maximum absolute atomic E-state index is 12.0. The molecule has 9 heteroatoms. The molecule has 26 heavy (non-hydrogen) atoms. The molecule has 0 saturated carbocycles. The first-order valence-electron chi connectivity index (χ1n) is 8.00. The first-order valence-corrected chi connectivity index (χ1v) is 9.36. The number of thioether (sulfide) groups is 1. The molecule has 2 heterocycles. The van der Waals surface area contributed by atoms with Crippen molar-refractivity contribution < 1.29 is 9.53 Å². The van der Waals surface area contributed by atoms with E-state index in [9.17, 15) is 4.79 Å². The van der Waals surface area contributed by atoms with Gasteiger partial charge in [0.05, 0.1) is 12.3 Å². The van der Waals surface area contributed by atoms with Gasteiger partial charge in [-0.1, -0.05) is 23.4 Å². The predicted octanol–water partition coefficient (Wildman–Crippen LogP) is 2.68. The van der Waals surface area contributed by atoms with E-state index in [2.05, 4.69) is 20.5 Å². The van der Waals surface area contributed by atoms with E-state index in [0.29, 0.717) is 29.1 Å². The molecule has 0 aliphatic heterocycles. The number of ether oxygens (including phenoxy) is 1. The number of benzene rings is 1. The van der Waals surface area contributed by atoms with Gasteiger partial charge < -0.3 is 10.1 Å². The number of rotatable bonds is 7. The zero-order valence-corrected chi connectivity index (χ0v) is 16.0. The lowest BCUT2D eigenvalue weighted by atomic mass is 10.3. The van der Waals surface area contributed by atoms with Crippen LogP contribution in [0.3, 0.4) is 0 Å².